The zero-order valence-corrected chi connectivity index (χ0v) is 11.0. The van der Waals surface area contributed by atoms with Gasteiger partial charge in [0.05, 0.1) is 6.54 Å². The van der Waals surface area contributed by atoms with E-state index in [1.165, 1.54) is 15.6 Å². The van der Waals surface area contributed by atoms with E-state index in [9.17, 15) is 4.79 Å². The minimum Gasteiger partial charge on any atom is -0.337 e. The monoisotopic (exact) mass is 260 g/mol. The molecule has 0 atom stereocenters. The van der Waals surface area contributed by atoms with Gasteiger partial charge in [-0.15, -0.1) is 11.3 Å². The van der Waals surface area contributed by atoms with E-state index in [2.05, 4.69) is 35.0 Å². The van der Waals surface area contributed by atoms with Crippen LogP contribution in [0.25, 0.3) is 10.1 Å². The van der Waals surface area contributed by atoms with E-state index >= 15 is 0 Å². The second kappa shape index (κ2) is 5.08. The highest BCUT2D eigenvalue weighted by atomic mass is 32.1. The van der Waals surface area contributed by atoms with E-state index in [1.807, 2.05) is 4.90 Å². The minimum atomic E-state index is 0.211. The summed E-state index contributed by atoms with van der Waals surface area (Å²) in [7, 11) is 0. The van der Waals surface area contributed by atoms with Gasteiger partial charge in [0.15, 0.2) is 0 Å². The summed E-state index contributed by atoms with van der Waals surface area (Å²) in [5.74, 6) is 0.211. The zero-order chi connectivity index (χ0) is 12.4. The summed E-state index contributed by atoms with van der Waals surface area (Å²) in [5, 5.41) is 6.62. The molecule has 1 amide bonds. The van der Waals surface area contributed by atoms with Gasteiger partial charge in [-0.3, -0.25) is 4.79 Å². The number of hydrogen-bond donors (Lipinski definition) is 1. The normalized spacial score (nSPS) is 17.1. The molecule has 0 aliphatic carbocycles. The van der Waals surface area contributed by atoms with Gasteiger partial charge >= 0.3 is 0 Å². The molecule has 1 aromatic heterocycles. The Hall–Kier alpha value is -1.39. The molecule has 0 spiro atoms. The fraction of sp³-hybridized carbons (Fsp3) is 0.357. The van der Waals surface area contributed by atoms with Gasteiger partial charge in [-0.2, -0.15) is 0 Å². The highest BCUT2D eigenvalue weighted by Gasteiger charge is 2.17. The third kappa shape index (κ3) is 2.26. The Bertz CT molecular complexity index is 564. The fourth-order valence-corrected chi connectivity index (χ4v) is 3.31. The first-order chi connectivity index (χ1) is 8.84. The van der Waals surface area contributed by atoms with Gasteiger partial charge in [-0.05, 0) is 35.4 Å². The van der Waals surface area contributed by atoms with Crippen LogP contribution in [0, 0.1) is 0 Å². The first-order valence-electron chi connectivity index (χ1n) is 6.28. The maximum Gasteiger partial charge on any atom is 0.236 e. The number of nitrogens with one attached hydrogen (secondary N) is 1. The second-order valence-electron chi connectivity index (χ2n) is 4.60. The van der Waals surface area contributed by atoms with Crippen LogP contribution in [0.4, 0.5) is 0 Å². The summed E-state index contributed by atoms with van der Waals surface area (Å²) in [6.45, 7) is 3.01. The van der Waals surface area contributed by atoms with E-state index in [-0.39, 0.29) is 5.91 Å². The zero-order valence-electron chi connectivity index (χ0n) is 10.2. The van der Waals surface area contributed by atoms with Gasteiger partial charge in [0.25, 0.3) is 0 Å². The highest BCUT2D eigenvalue weighted by Crippen LogP contribution is 2.26. The van der Waals surface area contributed by atoms with Crippen molar-refractivity contribution in [3.05, 3.63) is 35.2 Å². The average molecular weight is 260 g/mol. The smallest absolute Gasteiger partial charge is 0.236 e. The Labute approximate surface area is 110 Å². The van der Waals surface area contributed by atoms with Crippen molar-refractivity contribution in [2.75, 3.05) is 19.6 Å². The molecule has 1 saturated heterocycles. The number of amides is 1. The Kier molecular flexibility index (Phi) is 3.30. The molecule has 18 heavy (non-hydrogen) atoms. The maximum atomic E-state index is 11.9. The lowest BCUT2D eigenvalue weighted by Gasteiger charge is -2.19. The van der Waals surface area contributed by atoms with Crippen LogP contribution in [-0.4, -0.2) is 30.4 Å². The molecule has 3 nitrogen and oxygen atoms in total. The van der Waals surface area contributed by atoms with E-state index in [0.29, 0.717) is 6.54 Å². The van der Waals surface area contributed by atoms with Crippen molar-refractivity contribution in [2.24, 2.45) is 0 Å². The summed E-state index contributed by atoms with van der Waals surface area (Å²) < 4.78 is 1.30. The average Bonchev–Trinajstić information content (AvgIpc) is 2.69. The third-order valence-electron chi connectivity index (χ3n) is 3.33. The van der Waals surface area contributed by atoms with Crippen molar-refractivity contribution in [3.8, 4) is 0 Å². The number of thiophene rings is 1. The first kappa shape index (κ1) is 11.7. The molecule has 1 N–H and O–H groups in total. The van der Waals surface area contributed by atoms with Crippen molar-refractivity contribution in [2.45, 2.75) is 13.0 Å². The lowest BCUT2D eigenvalue weighted by Crippen LogP contribution is -2.34. The molecule has 94 valence electrons. The van der Waals surface area contributed by atoms with Crippen molar-refractivity contribution < 1.29 is 4.79 Å². The Morgan fingerprint density at radius 1 is 1.33 bits per heavy atom. The predicted octanol–water partition coefficient (Wildman–Crippen LogP) is 2.22. The molecule has 1 aliphatic rings. The SMILES string of the molecule is O=C1CNCCCN1Cc1csc2ccccc12. The van der Waals surface area contributed by atoms with Crippen LogP contribution >= 0.6 is 11.3 Å². The molecule has 2 heterocycles. The van der Waals surface area contributed by atoms with Crippen molar-refractivity contribution >= 4 is 27.3 Å². The molecule has 4 heteroatoms. The molecule has 0 saturated carbocycles. The number of carbonyl (C=O) groups is 1. The molecule has 1 fully saturated rings. The van der Waals surface area contributed by atoms with Gasteiger partial charge in [-0.1, -0.05) is 18.2 Å². The van der Waals surface area contributed by atoms with Crippen LogP contribution in [0.3, 0.4) is 0 Å². The van der Waals surface area contributed by atoms with Gasteiger partial charge in [0, 0.05) is 17.8 Å². The van der Waals surface area contributed by atoms with Crippen molar-refractivity contribution in [1.82, 2.24) is 10.2 Å². The minimum absolute atomic E-state index is 0.211. The summed E-state index contributed by atoms with van der Waals surface area (Å²) in [4.78, 5) is 13.9. The van der Waals surface area contributed by atoms with Gasteiger partial charge < -0.3 is 10.2 Å². The topological polar surface area (TPSA) is 32.3 Å². The molecular weight excluding hydrogens is 244 g/mol. The van der Waals surface area contributed by atoms with Crippen molar-refractivity contribution in [1.29, 1.82) is 0 Å². The van der Waals surface area contributed by atoms with Crippen LogP contribution < -0.4 is 5.32 Å². The highest BCUT2D eigenvalue weighted by molar-refractivity contribution is 7.17. The molecule has 1 aliphatic heterocycles. The van der Waals surface area contributed by atoms with Gasteiger partial charge in [0.2, 0.25) is 5.91 Å². The van der Waals surface area contributed by atoms with E-state index in [0.717, 1.165) is 26.1 Å². The molecule has 3 rings (SSSR count). The number of rotatable bonds is 2. The number of carbonyl (C=O) groups excluding carboxylic acids is 1. The van der Waals surface area contributed by atoms with Gasteiger partial charge in [0.1, 0.15) is 0 Å². The number of fused-ring (bicyclic) bond motifs is 1. The maximum absolute atomic E-state index is 11.9. The first-order valence-corrected chi connectivity index (χ1v) is 7.16. The number of benzene rings is 1. The standard InChI is InChI=1S/C14H16N2OS/c17-14-8-15-6-3-7-16(14)9-11-10-18-13-5-2-1-4-12(11)13/h1-2,4-5,10,15H,3,6-9H2. The molecule has 0 radical (unpaired) electrons. The molecule has 0 unspecified atom stereocenters. The third-order valence-corrected chi connectivity index (χ3v) is 4.35. The largest absolute Gasteiger partial charge is 0.337 e. The Morgan fingerprint density at radius 2 is 2.22 bits per heavy atom. The fourth-order valence-electron chi connectivity index (χ4n) is 2.35. The lowest BCUT2D eigenvalue weighted by molar-refractivity contribution is -0.130. The van der Waals surface area contributed by atoms with Crippen LogP contribution in [0.1, 0.15) is 12.0 Å². The van der Waals surface area contributed by atoms with Crippen LogP contribution in [0.2, 0.25) is 0 Å². The van der Waals surface area contributed by atoms with E-state index < -0.39 is 0 Å². The van der Waals surface area contributed by atoms with Crippen LogP contribution in [0.5, 0.6) is 0 Å². The Morgan fingerprint density at radius 3 is 3.17 bits per heavy atom. The molecule has 2 aromatic rings. The summed E-state index contributed by atoms with van der Waals surface area (Å²) in [6.07, 6.45) is 1.04. The number of nitrogens with zero attached hydrogens (tertiary/aromatic N) is 1. The van der Waals surface area contributed by atoms with Crippen LogP contribution in [-0.2, 0) is 11.3 Å². The second-order valence-corrected chi connectivity index (χ2v) is 5.51. The lowest BCUT2D eigenvalue weighted by atomic mass is 10.1. The summed E-state index contributed by atoms with van der Waals surface area (Å²) in [5.41, 5.74) is 1.27. The van der Waals surface area contributed by atoms with Gasteiger partial charge in [-0.25, -0.2) is 0 Å². The molecular formula is C14H16N2OS. The summed E-state index contributed by atoms with van der Waals surface area (Å²) in [6, 6.07) is 8.39. The Balaban J connectivity index is 1.85. The van der Waals surface area contributed by atoms with E-state index in [4.69, 9.17) is 0 Å². The van der Waals surface area contributed by atoms with E-state index in [1.54, 1.807) is 11.3 Å². The van der Waals surface area contributed by atoms with Crippen LogP contribution in [0.15, 0.2) is 29.6 Å². The number of hydrogen-bond acceptors (Lipinski definition) is 3. The molecule has 1 aromatic carbocycles. The predicted molar refractivity (Wildman–Crippen MR) is 74.7 cm³/mol. The quantitative estimate of drug-likeness (QED) is 0.898. The molecule has 0 bridgehead atoms. The van der Waals surface area contributed by atoms with Crippen molar-refractivity contribution in [3.63, 3.8) is 0 Å². The summed E-state index contributed by atoms with van der Waals surface area (Å²) >= 11 is 1.76.